The van der Waals surface area contributed by atoms with E-state index in [9.17, 15) is 14.7 Å². The van der Waals surface area contributed by atoms with E-state index in [1.54, 1.807) is 0 Å². The first kappa shape index (κ1) is 23.9. The number of aliphatic carboxylic acids is 2. The minimum Gasteiger partial charge on any atom is -0.481 e. The van der Waals surface area contributed by atoms with Crippen molar-refractivity contribution in [1.82, 2.24) is 0 Å². The van der Waals surface area contributed by atoms with Gasteiger partial charge in [0, 0.05) is 6.42 Å². The van der Waals surface area contributed by atoms with E-state index in [2.05, 4.69) is 6.92 Å². The summed E-state index contributed by atoms with van der Waals surface area (Å²) in [6.07, 6.45) is 17.8. The third-order valence-corrected chi connectivity index (χ3v) is 4.95. The molecule has 25 heavy (non-hydrogen) atoms. The zero-order valence-electron chi connectivity index (χ0n) is 16.3. The standard InChI is InChI=1S/C21H40O4/c1-2-3-4-5-10-13-16-19(21(24)25)17-14-11-8-6-7-9-12-15-18-20(22)23/h19H,2-18H2,1H3,(H,22,23)(H,24,25)/t19-/m1/s1. The van der Waals surface area contributed by atoms with Crippen LogP contribution in [-0.2, 0) is 9.59 Å². The molecule has 0 spiro atoms. The van der Waals surface area contributed by atoms with Gasteiger partial charge in [-0.2, -0.15) is 0 Å². The SMILES string of the molecule is CCCCCCCC[C@H](CCCCCCCCCCC(=O)O)C(=O)O. The fourth-order valence-electron chi connectivity index (χ4n) is 3.29. The van der Waals surface area contributed by atoms with Crippen molar-refractivity contribution in [3.05, 3.63) is 0 Å². The lowest BCUT2D eigenvalue weighted by molar-refractivity contribution is -0.142. The molecular formula is C21H40O4. The Morgan fingerprint density at radius 1 is 0.640 bits per heavy atom. The molecule has 0 amide bonds. The van der Waals surface area contributed by atoms with Crippen molar-refractivity contribution in [3.63, 3.8) is 0 Å². The molecule has 0 aromatic rings. The van der Waals surface area contributed by atoms with Crippen molar-refractivity contribution in [3.8, 4) is 0 Å². The van der Waals surface area contributed by atoms with Crippen molar-refractivity contribution >= 4 is 11.9 Å². The van der Waals surface area contributed by atoms with Gasteiger partial charge in [0.25, 0.3) is 0 Å². The molecule has 1 atom stereocenters. The molecule has 0 saturated carbocycles. The van der Waals surface area contributed by atoms with E-state index in [-0.39, 0.29) is 12.3 Å². The summed E-state index contributed by atoms with van der Waals surface area (Å²) in [4.78, 5) is 21.7. The summed E-state index contributed by atoms with van der Waals surface area (Å²) in [5, 5.41) is 17.9. The highest BCUT2D eigenvalue weighted by atomic mass is 16.4. The summed E-state index contributed by atoms with van der Waals surface area (Å²) in [7, 11) is 0. The average molecular weight is 357 g/mol. The molecule has 0 aliphatic heterocycles. The smallest absolute Gasteiger partial charge is 0.306 e. The highest BCUT2D eigenvalue weighted by Gasteiger charge is 2.16. The van der Waals surface area contributed by atoms with Gasteiger partial charge in [0.15, 0.2) is 0 Å². The lowest BCUT2D eigenvalue weighted by atomic mass is 9.94. The second kappa shape index (κ2) is 17.8. The van der Waals surface area contributed by atoms with E-state index in [1.807, 2.05) is 0 Å². The van der Waals surface area contributed by atoms with Crippen LogP contribution in [0.15, 0.2) is 0 Å². The normalized spacial score (nSPS) is 12.2. The number of carboxylic acid groups (broad SMARTS) is 2. The van der Waals surface area contributed by atoms with Crippen LogP contribution in [0.4, 0.5) is 0 Å². The Hall–Kier alpha value is -1.06. The Labute approximate surface area is 154 Å². The maximum Gasteiger partial charge on any atom is 0.306 e. The van der Waals surface area contributed by atoms with Gasteiger partial charge in [-0.15, -0.1) is 0 Å². The van der Waals surface area contributed by atoms with Crippen LogP contribution in [-0.4, -0.2) is 22.2 Å². The molecule has 148 valence electrons. The van der Waals surface area contributed by atoms with Crippen molar-refractivity contribution in [1.29, 1.82) is 0 Å². The summed E-state index contributed by atoms with van der Waals surface area (Å²) < 4.78 is 0. The van der Waals surface area contributed by atoms with Crippen LogP contribution in [0.2, 0.25) is 0 Å². The third kappa shape index (κ3) is 17.6. The molecule has 0 heterocycles. The van der Waals surface area contributed by atoms with Crippen LogP contribution in [0.3, 0.4) is 0 Å². The molecule has 0 bridgehead atoms. The fraction of sp³-hybridized carbons (Fsp3) is 0.905. The lowest BCUT2D eigenvalue weighted by Crippen LogP contribution is -2.13. The number of carboxylic acids is 2. The van der Waals surface area contributed by atoms with E-state index >= 15 is 0 Å². The van der Waals surface area contributed by atoms with Crippen molar-refractivity contribution in [2.24, 2.45) is 5.92 Å². The Morgan fingerprint density at radius 2 is 1.04 bits per heavy atom. The van der Waals surface area contributed by atoms with Crippen LogP contribution in [0, 0.1) is 5.92 Å². The molecule has 4 nitrogen and oxygen atoms in total. The Bertz CT molecular complexity index is 328. The average Bonchev–Trinajstić information content (AvgIpc) is 2.57. The summed E-state index contributed by atoms with van der Waals surface area (Å²) in [5.74, 6) is -1.47. The van der Waals surface area contributed by atoms with Gasteiger partial charge in [0.05, 0.1) is 5.92 Å². The summed E-state index contributed by atoms with van der Waals surface area (Å²) in [6, 6.07) is 0. The quantitative estimate of drug-likeness (QED) is 0.262. The number of rotatable bonds is 19. The van der Waals surface area contributed by atoms with E-state index in [0.717, 1.165) is 51.4 Å². The molecule has 4 heteroatoms. The third-order valence-electron chi connectivity index (χ3n) is 4.95. The van der Waals surface area contributed by atoms with Crippen LogP contribution >= 0.6 is 0 Å². The lowest BCUT2D eigenvalue weighted by Gasteiger charge is -2.12. The highest BCUT2D eigenvalue weighted by Crippen LogP contribution is 2.19. The second-order valence-corrected chi connectivity index (χ2v) is 7.35. The molecule has 0 radical (unpaired) electrons. The molecule has 0 saturated heterocycles. The van der Waals surface area contributed by atoms with Crippen molar-refractivity contribution in [2.45, 2.75) is 116 Å². The number of unbranched alkanes of at least 4 members (excludes halogenated alkanes) is 12. The van der Waals surface area contributed by atoms with Gasteiger partial charge in [-0.1, -0.05) is 90.4 Å². The van der Waals surface area contributed by atoms with Gasteiger partial charge in [-0.3, -0.25) is 9.59 Å². The van der Waals surface area contributed by atoms with Crippen LogP contribution in [0.5, 0.6) is 0 Å². The molecule has 0 fully saturated rings. The van der Waals surface area contributed by atoms with Gasteiger partial charge >= 0.3 is 11.9 Å². The minimum atomic E-state index is -0.700. The molecule has 0 aliphatic carbocycles. The maximum atomic E-state index is 11.3. The molecule has 0 aliphatic rings. The van der Waals surface area contributed by atoms with E-state index < -0.39 is 11.9 Å². The van der Waals surface area contributed by atoms with Crippen molar-refractivity contribution < 1.29 is 19.8 Å². The Morgan fingerprint density at radius 3 is 1.44 bits per heavy atom. The minimum absolute atomic E-state index is 0.151. The van der Waals surface area contributed by atoms with Crippen molar-refractivity contribution in [2.75, 3.05) is 0 Å². The number of carbonyl (C=O) groups is 2. The molecule has 0 aromatic heterocycles. The fourth-order valence-corrected chi connectivity index (χ4v) is 3.29. The zero-order valence-corrected chi connectivity index (χ0v) is 16.3. The van der Waals surface area contributed by atoms with Gasteiger partial charge in [-0.25, -0.2) is 0 Å². The molecule has 2 N–H and O–H groups in total. The van der Waals surface area contributed by atoms with Crippen LogP contribution in [0.1, 0.15) is 116 Å². The topological polar surface area (TPSA) is 74.6 Å². The van der Waals surface area contributed by atoms with E-state index in [4.69, 9.17) is 5.11 Å². The predicted octanol–water partition coefficient (Wildman–Crippen LogP) is 6.42. The highest BCUT2D eigenvalue weighted by molar-refractivity contribution is 5.69. The second-order valence-electron chi connectivity index (χ2n) is 7.35. The first-order valence-electron chi connectivity index (χ1n) is 10.5. The van der Waals surface area contributed by atoms with Gasteiger partial charge in [0.2, 0.25) is 0 Å². The predicted molar refractivity (Wildman–Crippen MR) is 103 cm³/mol. The summed E-state index contributed by atoms with van der Waals surface area (Å²) >= 11 is 0. The first-order chi connectivity index (χ1) is 12.1. The van der Waals surface area contributed by atoms with E-state index in [0.29, 0.717) is 0 Å². The number of hydrogen-bond acceptors (Lipinski definition) is 2. The van der Waals surface area contributed by atoms with Gasteiger partial charge in [-0.05, 0) is 19.3 Å². The molecule has 0 aromatic carbocycles. The monoisotopic (exact) mass is 356 g/mol. The summed E-state index contributed by atoms with van der Waals surface area (Å²) in [5.41, 5.74) is 0. The molecule has 0 unspecified atom stereocenters. The van der Waals surface area contributed by atoms with E-state index in [1.165, 1.54) is 51.4 Å². The first-order valence-corrected chi connectivity index (χ1v) is 10.5. The van der Waals surface area contributed by atoms with Gasteiger partial charge in [0.1, 0.15) is 0 Å². The zero-order chi connectivity index (χ0) is 18.8. The Kier molecular flexibility index (Phi) is 17.0. The van der Waals surface area contributed by atoms with Crippen LogP contribution < -0.4 is 0 Å². The molecule has 0 rings (SSSR count). The van der Waals surface area contributed by atoms with Gasteiger partial charge < -0.3 is 10.2 Å². The Balaban J connectivity index is 3.48. The largest absolute Gasteiger partial charge is 0.481 e. The summed E-state index contributed by atoms with van der Waals surface area (Å²) in [6.45, 7) is 2.21. The van der Waals surface area contributed by atoms with Crippen LogP contribution in [0.25, 0.3) is 0 Å². The maximum absolute atomic E-state index is 11.3. The molecular weight excluding hydrogens is 316 g/mol. The number of hydrogen-bond donors (Lipinski definition) is 2.